The fraction of sp³-hybridized carbons (Fsp3) is 0.304. The largest absolute Gasteiger partial charge is 0.497 e. The number of pyridine rings is 1. The number of ether oxygens (including phenoxy) is 2. The molecule has 2 aromatic carbocycles. The van der Waals surface area contributed by atoms with Gasteiger partial charge in [0.15, 0.2) is 0 Å². The van der Waals surface area contributed by atoms with E-state index in [9.17, 15) is 9.90 Å². The third-order valence-electron chi connectivity index (χ3n) is 4.79. The van der Waals surface area contributed by atoms with E-state index < -0.39 is 0 Å². The van der Waals surface area contributed by atoms with E-state index in [1.54, 1.807) is 43.7 Å². The Morgan fingerprint density at radius 3 is 2.48 bits per heavy atom. The quantitative estimate of drug-likeness (QED) is 0.610. The van der Waals surface area contributed by atoms with E-state index in [1.165, 1.54) is 11.7 Å². The van der Waals surface area contributed by atoms with Crippen LogP contribution in [-0.2, 0) is 0 Å². The number of rotatable bonds is 7. The molecular formula is C23H26N2O4. The van der Waals surface area contributed by atoms with Crippen LogP contribution < -0.4 is 15.0 Å². The van der Waals surface area contributed by atoms with E-state index in [-0.39, 0.29) is 11.4 Å². The Morgan fingerprint density at radius 2 is 1.83 bits per heavy atom. The predicted molar refractivity (Wildman–Crippen MR) is 116 cm³/mol. The van der Waals surface area contributed by atoms with Crippen LogP contribution in [0.4, 0.5) is 0 Å². The minimum absolute atomic E-state index is 0.175. The Labute approximate surface area is 170 Å². The van der Waals surface area contributed by atoms with E-state index in [0.717, 1.165) is 6.42 Å². The summed E-state index contributed by atoms with van der Waals surface area (Å²) in [7, 11) is 3.07. The summed E-state index contributed by atoms with van der Waals surface area (Å²) in [6, 6.07) is 12.3. The summed E-state index contributed by atoms with van der Waals surface area (Å²) in [5.41, 5.74) is 0.598. The van der Waals surface area contributed by atoms with Crippen molar-refractivity contribution in [3.8, 4) is 23.1 Å². The lowest BCUT2D eigenvalue weighted by atomic mass is 10.1. The standard InChI is InChI=1S/C23H26N2O4/c1-15(2)11-12-24-14-19-17-7-5-6-8-18(17)22(26)25(23(19)27)20-10-9-16(28-3)13-21(20)29-4/h5-10,13-15,27H,11-12H2,1-4H3. The molecule has 1 aromatic heterocycles. The zero-order chi connectivity index (χ0) is 21.0. The molecule has 0 amide bonds. The minimum atomic E-state index is -0.333. The highest BCUT2D eigenvalue weighted by Crippen LogP contribution is 2.32. The van der Waals surface area contributed by atoms with Gasteiger partial charge in [-0.3, -0.25) is 9.79 Å². The lowest BCUT2D eigenvalue weighted by molar-refractivity contribution is 0.389. The molecule has 3 rings (SSSR count). The number of hydrogen-bond donors (Lipinski definition) is 1. The first-order valence-electron chi connectivity index (χ1n) is 9.56. The maximum absolute atomic E-state index is 13.2. The van der Waals surface area contributed by atoms with Crippen molar-refractivity contribution < 1.29 is 14.6 Å². The molecule has 152 valence electrons. The molecule has 0 fully saturated rings. The van der Waals surface area contributed by atoms with E-state index in [1.807, 2.05) is 12.1 Å². The van der Waals surface area contributed by atoms with Gasteiger partial charge in [0.2, 0.25) is 5.88 Å². The number of methoxy groups -OCH3 is 2. The van der Waals surface area contributed by atoms with Gasteiger partial charge in [-0.2, -0.15) is 0 Å². The van der Waals surface area contributed by atoms with Gasteiger partial charge in [-0.05, 0) is 30.5 Å². The molecule has 0 atom stereocenters. The number of aromatic nitrogens is 1. The second kappa shape index (κ2) is 8.82. The third-order valence-corrected chi connectivity index (χ3v) is 4.79. The van der Waals surface area contributed by atoms with Crippen LogP contribution in [0.1, 0.15) is 25.8 Å². The fourth-order valence-electron chi connectivity index (χ4n) is 3.17. The number of nitrogens with zero attached hydrogens (tertiary/aromatic N) is 2. The molecule has 0 radical (unpaired) electrons. The molecule has 1 heterocycles. The molecule has 0 saturated heterocycles. The highest BCUT2D eigenvalue weighted by molar-refractivity contribution is 6.01. The highest BCUT2D eigenvalue weighted by Gasteiger charge is 2.19. The Morgan fingerprint density at radius 1 is 1.10 bits per heavy atom. The number of fused-ring (bicyclic) bond motifs is 1. The zero-order valence-corrected chi connectivity index (χ0v) is 17.2. The summed E-state index contributed by atoms with van der Waals surface area (Å²) >= 11 is 0. The van der Waals surface area contributed by atoms with Crippen molar-refractivity contribution in [2.24, 2.45) is 10.9 Å². The van der Waals surface area contributed by atoms with Crippen LogP contribution in [0.2, 0.25) is 0 Å². The van der Waals surface area contributed by atoms with Crippen LogP contribution in [-0.4, -0.2) is 36.7 Å². The van der Waals surface area contributed by atoms with Crippen LogP contribution in [0.5, 0.6) is 17.4 Å². The van der Waals surface area contributed by atoms with Gasteiger partial charge in [0.1, 0.15) is 11.5 Å². The molecule has 0 unspecified atom stereocenters. The lowest BCUT2D eigenvalue weighted by Crippen LogP contribution is -2.20. The molecule has 0 bridgehead atoms. The number of aliphatic imine (C=N–C) groups is 1. The van der Waals surface area contributed by atoms with Crippen molar-refractivity contribution >= 4 is 17.0 Å². The predicted octanol–water partition coefficient (Wildman–Crippen LogP) is 4.18. The van der Waals surface area contributed by atoms with Crippen LogP contribution >= 0.6 is 0 Å². The van der Waals surface area contributed by atoms with Crippen molar-refractivity contribution in [2.45, 2.75) is 20.3 Å². The molecule has 0 spiro atoms. The average molecular weight is 394 g/mol. The summed E-state index contributed by atoms with van der Waals surface area (Å²) in [6.45, 7) is 4.92. The van der Waals surface area contributed by atoms with Crippen LogP contribution in [0.25, 0.3) is 16.5 Å². The zero-order valence-electron chi connectivity index (χ0n) is 17.2. The van der Waals surface area contributed by atoms with Gasteiger partial charge >= 0.3 is 0 Å². The van der Waals surface area contributed by atoms with Crippen molar-refractivity contribution in [1.82, 2.24) is 4.57 Å². The third kappa shape index (κ3) is 4.11. The molecule has 6 nitrogen and oxygen atoms in total. The Bertz CT molecular complexity index is 1100. The fourth-order valence-corrected chi connectivity index (χ4v) is 3.17. The maximum Gasteiger partial charge on any atom is 0.265 e. The smallest absolute Gasteiger partial charge is 0.265 e. The van der Waals surface area contributed by atoms with E-state index >= 15 is 0 Å². The molecule has 29 heavy (non-hydrogen) atoms. The highest BCUT2D eigenvalue weighted by atomic mass is 16.5. The van der Waals surface area contributed by atoms with Gasteiger partial charge in [0.05, 0.1) is 25.5 Å². The van der Waals surface area contributed by atoms with Gasteiger partial charge in [-0.25, -0.2) is 4.57 Å². The first-order valence-corrected chi connectivity index (χ1v) is 9.56. The first kappa shape index (κ1) is 20.5. The van der Waals surface area contributed by atoms with E-state index in [0.29, 0.717) is 46.0 Å². The molecule has 3 aromatic rings. The molecule has 0 saturated carbocycles. The van der Waals surface area contributed by atoms with Crippen molar-refractivity contribution in [1.29, 1.82) is 0 Å². The Balaban J connectivity index is 2.25. The van der Waals surface area contributed by atoms with Crippen molar-refractivity contribution in [3.63, 3.8) is 0 Å². The number of aromatic hydroxyl groups is 1. The minimum Gasteiger partial charge on any atom is -0.497 e. The monoisotopic (exact) mass is 394 g/mol. The molecular weight excluding hydrogens is 368 g/mol. The normalized spacial score (nSPS) is 11.5. The second-order valence-electron chi connectivity index (χ2n) is 7.18. The van der Waals surface area contributed by atoms with Gasteiger partial charge in [0, 0.05) is 29.6 Å². The first-order chi connectivity index (χ1) is 14.0. The molecule has 0 aliphatic rings. The summed E-state index contributed by atoms with van der Waals surface area (Å²) in [6.07, 6.45) is 2.59. The van der Waals surface area contributed by atoms with Crippen LogP contribution in [0, 0.1) is 5.92 Å². The second-order valence-corrected chi connectivity index (χ2v) is 7.18. The topological polar surface area (TPSA) is 73.0 Å². The van der Waals surface area contributed by atoms with Crippen LogP contribution in [0.3, 0.4) is 0 Å². The SMILES string of the molecule is COc1ccc(-n2c(O)c(C=NCCC(C)C)c3ccccc3c2=O)c(OC)c1. The maximum atomic E-state index is 13.2. The lowest BCUT2D eigenvalue weighted by Gasteiger charge is -2.16. The number of hydrogen-bond acceptors (Lipinski definition) is 5. The molecule has 1 N–H and O–H groups in total. The average Bonchev–Trinajstić information content (AvgIpc) is 2.73. The van der Waals surface area contributed by atoms with E-state index in [4.69, 9.17) is 9.47 Å². The van der Waals surface area contributed by atoms with Gasteiger partial charge in [-0.15, -0.1) is 0 Å². The summed E-state index contributed by atoms with van der Waals surface area (Å²) in [5, 5.41) is 12.2. The van der Waals surface area contributed by atoms with E-state index in [2.05, 4.69) is 18.8 Å². The van der Waals surface area contributed by atoms with Crippen molar-refractivity contribution in [3.05, 3.63) is 58.4 Å². The van der Waals surface area contributed by atoms with Gasteiger partial charge in [-0.1, -0.05) is 32.0 Å². The summed E-state index contributed by atoms with van der Waals surface area (Å²) in [5.74, 6) is 1.37. The van der Waals surface area contributed by atoms with Gasteiger partial charge in [0.25, 0.3) is 5.56 Å². The Kier molecular flexibility index (Phi) is 6.22. The van der Waals surface area contributed by atoms with Crippen molar-refractivity contribution in [2.75, 3.05) is 20.8 Å². The molecule has 6 heteroatoms. The summed E-state index contributed by atoms with van der Waals surface area (Å²) < 4.78 is 11.9. The molecule has 0 aliphatic heterocycles. The Hall–Kier alpha value is -3.28. The van der Waals surface area contributed by atoms with Crippen LogP contribution in [0.15, 0.2) is 52.3 Å². The van der Waals surface area contributed by atoms with Gasteiger partial charge < -0.3 is 14.6 Å². The molecule has 0 aliphatic carbocycles. The number of benzene rings is 2. The summed E-state index contributed by atoms with van der Waals surface area (Å²) in [4.78, 5) is 17.7.